The van der Waals surface area contributed by atoms with Crippen molar-refractivity contribution in [2.75, 3.05) is 18.4 Å². The number of anilines is 1. The first-order valence-electron chi connectivity index (χ1n) is 8.98. The quantitative estimate of drug-likeness (QED) is 0.859. The van der Waals surface area contributed by atoms with Crippen LogP contribution in [0, 0.1) is 11.8 Å². The third kappa shape index (κ3) is 4.03. The van der Waals surface area contributed by atoms with Crippen LogP contribution in [-0.2, 0) is 9.59 Å². The van der Waals surface area contributed by atoms with Gasteiger partial charge in [0.15, 0.2) is 0 Å². The Kier molecular flexibility index (Phi) is 5.73. The summed E-state index contributed by atoms with van der Waals surface area (Å²) in [6.07, 6.45) is 6.01. The van der Waals surface area contributed by atoms with E-state index >= 15 is 0 Å². The Balaban J connectivity index is 1.70. The second kappa shape index (κ2) is 7.99. The summed E-state index contributed by atoms with van der Waals surface area (Å²) in [7, 11) is 0. The van der Waals surface area contributed by atoms with Gasteiger partial charge in [0.25, 0.3) is 5.91 Å². The molecule has 2 atom stereocenters. The molecule has 2 heterocycles. The average molecular weight is 364 g/mol. The fourth-order valence-corrected chi connectivity index (χ4v) is 4.57. The van der Waals surface area contributed by atoms with E-state index in [0.717, 1.165) is 45.2 Å². The molecule has 0 spiro atoms. The van der Waals surface area contributed by atoms with Gasteiger partial charge in [0.2, 0.25) is 5.91 Å². The zero-order valence-electron chi connectivity index (χ0n) is 14.2. The van der Waals surface area contributed by atoms with E-state index in [1.807, 2.05) is 4.90 Å². The molecule has 1 aliphatic carbocycles. The summed E-state index contributed by atoms with van der Waals surface area (Å²) in [5.41, 5.74) is 0.517. The Morgan fingerprint density at radius 2 is 1.72 bits per heavy atom. The highest BCUT2D eigenvalue weighted by atomic mass is 32.1. The molecule has 0 aromatic carbocycles. The van der Waals surface area contributed by atoms with E-state index in [9.17, 15) is 19.5 Å². The van der Waals surface area contributed by atoms with Crippen molar-refractivity contribution in [3.8, 4) is 0 Å². The highest BCUT2D eigenvalue weighted by Crippen LogP contribution is 2.33. The van der Waals surface area contributed by atoms with Gasteiger partial charge in [-0.15, -0.1) is 11.3 Å². The normalized spacial score (nSPS) is 23.9. The predicted molar refractivity (Wildman–Crippen MR) is 95.8 cm³/mol. The molecule has 1 aromatic rings. The van der Waals surface area contributed by atoms with E-state index in [1.165, 1.54) is 11.3 Å². The Morgan fingerprint density at radius 1 is 1.04 bits per heavy atom. The molecule has 1 saturated heterocycles. The fourth-order valence-electron chi connectivity index (χ4n) is 3.79. The lowest BCUT2D eigenvalue weighted by molar-refractivity contribution is -0.147. The van der Waals surface area contributed by atoms with Crippen LogP contribution in [0.25, 0.3) is 0 Å². The molecule has 25 heavy (non-hydrogen) atoms. The lowest BCUT2D eigenvalue weighted by atomic mass is 9.79. The van der Waals surface area contributed by atoms with E-state index in [-0.39, 0.29) is 11.8 Å². The van der Waals surface area contributed by atoms with Crippen molar-refractivity contribution in [2.24, 2.45) is 11.8 Å². The van der Waals surface area contributed by atoms with E-state index in [4.69, 9.17) is 0 Å². The van der Waals surface area contributed by atoms with Crippen LogP contribution in [0.15, 0.2) is 11.4 Å². The number of rotatable bonds is 4. The summed E-state index contributed by atoms with van der Waals surface area (Å²) >= 11 is 1.32. The molecular weight excluding hydrogens is 340 g/mol. The van der Waals surface area contributed by atoms with Gasteiger partial charge in [0, 0.05) is 13.1 Å². The van der Waals surface area contributed by atoms with E-state index in [0.29, 0.717) is 23.4 Å². The van der Waals surface area contributed by atoms with Crippen LogP contribution in [-0.4, -0.2) is 40.9 Å². The number of amides is 2. The standard InChI is InChI=1S/C18H24N2O4S/c21-15(12-6-2-3-7-13(12)18(23)24)19-16-14(8-11-25-16)17(22)20-9-4-1-5-10-20/h8,11-13H,1-7,9-10H2,(H,19,21)(H,23,24). The SMILES string of the molecule is O=C(O)C1CCCCC1C(=O)Nc1sccc1C(=O)N1CCCCC1. The molecule has 2 aliphatic rings. The first kappa shape index (κ1) is 17.9. The minimum absolute atomic E-state index is 0.0466. The number of carbonyl (C=O) groups excluding carboxylic acids is 2. The Bertz CT molecular complexity index is 651. The van der Waals surface area contributed by atoms with Crippen molar-refractivity contribution in [3.05, 3.63) is 17.0 Å². The molecule has 0 bridgehead atoms. The molecule has 0 radical (unpaired) electrons. The van der Waals surface area contributed by atoms with Gasteiger partial charge in [-0.3, -0.25) is 14.4 Å². The molecule has 2 amide bonds. The Hall–Kier alpha value is -1.89. The van der Waals surface area contributed by atoms with Gasteiger partial charge in [0.05, 0.1) is 17.4 Å². The minimum Gasteiger partial charge on any atom is -0.481 e. The number of carboxylic acid groups (broad SMARTS) is 1. The second-order valence-corrected chi connectivity index (χ2v) is 7.76. The van der Waals surface area contributed by atoms with Crippen LogP contribution in [0.2, 0.25) is 0 Å². The fraction of sp³-hybridized carbons (Fsp3) is 0.611. The number of nitrogens with zero attached hydrogens (tertiary/aromatic N) is 1. The number of aliphatic carboxylic acids is 1. The van der Waals surface area contributed by atoms with Gasteiger partial charge in [-0.25, -0.2) is 0 Å². The lowest BCUT2D eigenvalue weighted by Gasteiger charge is -2.28. The molecule has 1 aromatic heterocycles. The molecule has 136 valence electrons. The third-order valence-corrected chi connectivity index (χ3v) is 6.03. The number of hydrogen-bond donors (Lipinski definition) is 2. The molecule has 7 heteroatoms. The van der Waals surface area contributed by atoms with Gasteiger partial charge in [-0.05, 0) is 43.6 Å². The lowest BCUT2D eigenvalue weighted by Crippen LogP contribution is -2.37. The van der Waals surface area contributed by atoms with Crippen molar-refractivity contribution >= 4 is 34.1 Å². The highest BCUT2D eigenvalue weighted by molar-refractivity contribution is 7.14. The second-order valence-electron chi connectivity index (χ2n) is 6.84. The van der Waals surface area contributed by atoms with Gasteiger partial charge in [-0.1, -0.05) is 12.8 Å². The maximum Gasteiger partial charge on any atom is 0.307 e. The van der Waals surface area contributed by atoms with Crippen molar-refractivity contribution in [1.82, 2.24) is 4.90 Å². The van der Waals surface area contributed by atoms with Crippen LogP contribution >= 0.6 is 11.3 Å². The van der Waals surface area contributed by atoms with Gasteiger partial charge in [-0.2, -0.15) is 0 Å². The summed E-state index contributed by atoms with van der Waals surface area (Å²) in [5, 5.41) is 14.5. The number of carbonyl (C=O) groups is 3. The summed E-state index contributed by atoms with van der Waals surface area (Å²) in [4.78, 5) is 38.6. The average Bonchev–Trinajstić information content (AvgIpc) is 3.09. The van der Waals surface area contributed by atoms with Crippen LogP contribution in [0.5, 0.6) is 0 Å². The molecular formula is C18H24N2O4S. The van der Waals surface area contributed by atoms with Crippen LogP contribution in [0.1, 0.15) is 55.3 Å². The van der Waals surface area contributed by atoms with Crippen LogP contribution < -0.4 is 5.32 Å². The van der Waals surface area contributed by atoms with Crippen molar-refractivity contribution in [1.29, 1.82) is 0 Å². The van der Waals surface area contributed by atoms with Crippen molar-refractivity contribution in [2.45, 2.75) is 44.9 Å². The zero-order valence-corrected chi connectivity index (χ0v) is 15.0. The Morgan fingerprint density at radius 3 is 2.40 bits per heavy atom. The van der Waals surface area contributed by atoms with Gasteiger partial charge in [0.1, 0.15) is 5.00 Å². The molecule has 6 nitrogen and oxygen atoms in total. The van der Waals surface area contributed by atoms with Crippen molar-refractivity contribution in [3.63, 3.8) is 0 Å². The van der Waals surface area contributed by atoms with Gasteiger partial charge < -0.3 is 15.3 Å². The summed E-state index contributed by atoms with van der Waals surface area (Å²) in [5.74, 6) is -2.38. The van der Waals surface area contributed by atoms with E-state index in [2.05, 4.69) is 5.32 Å². The number of nitrogens with one attached hydrogen (secondary N) is 1. The number of thiophene rings is 1. The summed E-state index contributed by atoms with van der Waals surface area (Å²) in [6.45, 7) is 1.51. The predicted octanol–water partition coefficient (Wildman–Crippen LogP) is 3.20. The maximum atomic E-state index is 12.7. The third-order valence-electron chi connectivity index (χ3n) is 5.20. The van der Waals surface area contributed by atoms with Crippen molar-refractivity contribution < 1.29 is 19.5 Å². The summed E-state index contributed by atoms with van der Waals surface area (Å²) < 4.78 is 0. The molecule has 1 saturated carbocycles. The number of hydrogen-bond acceptors (Lipinski definition) is 4. The van der Waals surface area contributed by atoms with Crippen LogP contribution in [0.4, 0.5) is 5.00 Å². The highest BCUT2D eigenvalue weighted by Gasteiger charge is 2.36. The maximum absolute atomic E-state index is 12.7. The topological polar surface area (TPSA) is 86.7 Å². The smallest absolute Gasteiger partial charge is 0.307 e. The first-order chi connectivity index (χ1) is 12.1. The van der Waals surface area contributed by atoms with Crippen LogP contribution in [0.3, 0.4) is 0 Å². The molecule has 3 rings (SSSR count). The summed E-state index contributed by atoms with van der Waals surface area (Å²) in [6, 6.07) is 1.74. The molecule has 2 fully saturated rings. The number of piperidine rings is 1. The molecule has 2 unspecified atom stereocenters. The largest absolute Gasteiger partial charge is 0.481 e. The number of likely N-dealkylation sites (tertiary alicyclic amines) is 1. The molecule has 2 N–H and O–H groups in total. The van der Waals surface area contributed by atoms with E-state index in [1.54, 1.807) is 11.4 Å². The minimum atomic E-state index is -0.907. The molecule has 1 aliphatic heterocycles. The first-order valence-corrected chi connectivity index (χ1v) is 9.86. The monoisotopic (exact) mass is 364 g/mol. The van der Waals surface area contributed by atoms with Gasteiger partial charge >= 0.3 is 5.97 Å². The van der Waals surface area contributed by atoms with E-state index < -0.39 is 17.8 Å². The Labute approximate surface area is 151 Å². The zero-order chi connectivity index (χ0) is 17.8. The number of carboxylic acids is 1.